The van der Waals surface area contributed by atoms with Crippen LogP contribution >= 0.6 is 0 Å². The number of benzene rings is 2. The van der Waals surface area contributed by atoms with Gasteiger partial charge in [0.15, 0.2) is 5.65 Å². The van der Waals surface area contributed by atoms with Crippen LogP contribution in [-0.2, 0) is 11.3 Å². The molecule has 3 aromatic heterocycles. The second-order valence-electron chi connectivity index (χ2n) is 11.3. The van der Waals surface area contributed by atoms with Gasteiger partial charge in [0.25, 0.3) is 0 Å². The molecule has 10 heteroatoms. The summed E-state index contributed by atoms with van der Waals surface area (Å²) >= 11 is 0. The van der Waals surface area contributed by atoms with Crippen molar-refractivity contribution in [2.75, 3.05) is 42.6 Å². The highest BCUT2D eigenvalue weighted by atomic mass is 16.1. The molecule has 4 N–H and O–H groups in total. The van der Waals surface area contributed by atoms with Crippen LogP contribution in [0, 0.1) is 5.92 Å². The van der Waals surface area contributed by atoms with Crippen LogP contribution in [0.15, 0.2) is 73.1 Å². The van der Waals surface area contributed by atoms with Gasteiger partial charge in [-0.15, -0.1) is 0 Å². The minimum absolute atomic E-state index is 0.314. The number of nitrogens with one attached hydrogen (secondary N) is 4. The molecular formula is C34H43N9O. The van der Waals surface area contributed by atoms with Gasteiger partial charge in [0.2, 0.25) is 11.9 Å². The van der Waals surface area contributed by atoms with Crippen LogP contribution in [0.25, 0.3) is 22.2 Å². The van der Waals surface area contributed by atoms with Crippen molar-refractivity contribution in [3.05, 3.63) is 84.2 Å². The number of para-hydroxylation sites is 1. The Labute approximate surface area is 259 Å². The number of nitrogens with zero attached hydrogens (tertiary/aromatic N) is 5. The van der Waals surface area contributed by atoms with Crippen LogP contribution in [-0.4, -0.2) is 57.1 Å². The summed E-state index contributed by atoms with van der Waals surface area (Å²) in [6, 6.07) is 17.1. The van der Waals surface area contributed by atoms with Gasteiger partial charge in [-0.25, -0.2) is 0 Å². The standard InChI is InChI=1S/C30H37N9.C4H6O/c1-20(2)25-19-35-39-28(25)36-29(33-17-21-10-13-32-14-11-21)37-30(39)34-18-23-6-4-5-7-26(23)38-15-12-22-16-24(31-3)8-9-27(22)38;1-2-3-4-5/h4-9,12,15-16,19-21,31-32H,10-11,13-14,17-18H2,1-3H3,(H2,33,34,36,37);2-4H,1H3/b;3-2+. The second kappa shape index (κ2) is 14.7. The number of aldehydes is 1. The highest BCUT2D eigenvalue weighted by Crippen LogP contribution is 2.27. The molecule has 1 aliphatic rings. The molecule has 0 atom stereocenters. The van der Waals surface area contributed by atoms with E-state index in [-0.39, 0.29) is 0 Å². The Balaban J connectivity index is 0.000000712. The summed E-state index contributed by atoms with van der Waals surface area (Å²) in [6.45, 7) is 9.77. The molecule has 2 aromatic carbocycles. The summed E-state index contributed by atoms with van der Waals surface area (Å²) in [5, 5.41) is 19.6. The number of aromatic nitrogens is 5. The van der Waals surface area contributed by atoms with E-state index in [2.05, 4.69) is 99.5 Å². The Kier molecular flexibility index (Phi) is 10.2. The maximum atomic E-state index is 9.32. The van der Waals surface area contributed by atoms with Gasteiger partial charge in [-0.1, -0.05) is 38.1 Å². The first-order valence-corrected chi connectivity index (χ1v) is 15.4. The molecule has 0 saturated carbocycles. The maximum Gasteiger partial charge on any atom is 0.229 e. The molecule has 6 rings (SSSR count). The normalized spacial score (nSPS) is 13.8. The SMILES string of the molecule is C/C=C/C=O.CNc1ccc2c(ccn2-c2ccccc2CNc2nc(NCC3CCNCC3)nc3c(C(C)C)cnn23)c1. The van der Waals surface area contributed by atoms with Crippen molar-refractivity contribution in [2.45, 2.75) is 46.1 Å². The third-order valence-electron chi connectivity index (χ3n) is 7.96. The minimum Gasteiger partial charge on any atom is -0.388 e. The number of carbonyl (C=O) groups is 1. The average Bonchev–Trinajstić information content (AvgIpc) is 3.68. The third-order valence-corrected chi connectivity index (χ3v) is 7.96. The Morgan fingerprint density at radius 3 is 2.61 bits per heavy atom. The molecule has 0 spiro atoms. The van der Waals surface area contributed by atoms with Crippen LogP contribution in [0.5, 0.6) is 0 Å². The summed E-state index contributed by atoms with van der Waals surface area (Å²) < 4.78 is 4.08. The summed E-state index contributed by atoms with van der Waals surface area (Å²) in [6.07, 6.45) is 10.3. The largest absolute Gasteiger partial charge is 0.388 e. The van der Waals surface area contributed by atoms with Crippen molar-refractivity contribution < 1.29 is 4.79 Å². The fourth-order valence-corrected chi connectivity index (χ4v) is 5.47. The van der Waals surface area contributed by atoms with Crippen LogP contribution in [0.4, 0.5) is 17.6 Å². The van der Waals surface area contributed by atoms with E-state index in [9.17, 15) is 4.79 Å². The lowest BCUT2D eigenvalue weighted by molar-refractivity contribution is -0.104. The van der Waals surface area contributed by atoms with E-state index in [0.717, 1.165) is 48.5 Å². The summed E-state index contributed by atoms with van der Waals surface area (Å²) in [7, 11) is 1.95. The van der Waals surface area contributed by atoms with Crippen molar-refractivity contribution in [1.82, 2.24) is 29.5 Å². The van der Waals surface area contributed by atoms with E-state index in [0.29, 0.717) is 30.3 Å². The fraction of sp³-hybridized carbons (Fsp3) is 0.353. The number of allylic oxidation sites excluding steroid dienone is 2. The fourth-order valence-electron chi connectivity index (χ4n) is 5.47. The smallest absolute Gasteiger partial charge is 0.229 e. The highest BCUT2D eigenvalue weighted by Gasteiger charge is 2.18. The topological polar surface area (TPSA) is 113 Å². The summed E-state index contributed by atoms with van der Waals surface area (Å²) in [4.78, 5) is 19.1. The molecule has 0 amide bonds. The molecule has 0 radical (unpaired) electrons. The molecule has 0 bridgehead atoms. The van der Waals surface area contributed by atoms with Gasteiger partial charge in [-0.2, -0.15) is 19.6 Å². The number of rotatable bonds is 10. The number of anilines is 3. The molecule has 10 nitrogen and oxygen atoms in total. The van der Waals surface area contributed by atoms with Gasteiger partial charge in [-0.3, -0.25) is 4.79 Å². The number of carbonyl (C=O) groups excluding carboxylic acids is 1. The van der Waals surface area contributed by atoms with E-state index >= 15 is 0 Å². The van der Waals surface area contributed by atoms with Crippen LogP contribution in [0.1, 0.15) is 50.7 Å². The van der Waals surface area contributed by atoms with Crippen molar-refractivity contribution >= 4 is 40.4 Å². The Hall–Kier alpha value is -4.70. The number of hydrogen-bond acceptors (Lipinski definition) is 8. The number of hydrogen-bond donors (Lipinski definition) is 4. The molecule has 1 saturated heterocycles. The average molecular weight is 594 g/mol. The van der Waals surface area contributed by atoms with Gasteiger partial charge in [0.1, 0.15) is 6.29 Å². The Morgan fingerprint density at radius 1 is 1.07 bits per heavy atom. The van der Waals surface area contributed by atoms with E-state index in [1.54, 1.807) is 13.0 Å². The predicted octanol–water partition coefficient (Wildman–Crippen LogP) is 6.02. The number of fused-ring (bicyclic) bond motifs is 2. The monoisotopic (exact) mass is 593 g/mol. The first-order chi connectivity index (χ1) is 21.5. The molecule has 0 aliphatic carbocycles. The molecule has 4 heterocycles. The predicted molar refractivity (Wildman–Crippen MR) is 180 cm³/mol. The van der Waals surface area contributed by atoms with Gasteiger partial charge in [0.05, 0.1) is 17.4 Å². The molecule has 44 heavy (non-hydrogen) atoms. The van der Waals surface area contributed by atoms with Crippen molar-refractivity contribution in [1.29, 1.82) is 0 Å². The second-order valence-corrected chi connectivity index (χ2v) is 11.3. The molecule has 1 fully saturated rings. The van der Waals surface area contributed by atoms with E-state index < -0.39 is 0 Å². The summed E-state index contributed by atoms with van der Waals surface area (Å²) in [5.41, 5.74) is 6.54. The molecule has 230 valence electrons. The highest BCUT2D eigenvalue weighted by molar-refractivity contribution is 5.85. The van der Waals surface area contributed by atoms with Crippen LogP contribution in [0.3, 0.4) is 0 Å². The molecule has 0 unspecified atom stereocenters. The lowest BCUT2D eigenvalue weighted by Crippen LogP contribution is -2.31. The third kappa shape index (κ3) is 7.08. The first kappa shape index (κ1) is 30.7. The van der Waals surface area contributed by atoms with E-state index in [1.807, 2.05) is 17.8 Å². The van der Waals surface area contributed by atoms with E-state index in [1.165, 1.54) is 35.4 Å². The molecule has 5 aromatic rings. The van der Waals surface area contributed by atoms with Gasteiger partial charge in [0, 0.05) is 43.0 Å². The zero-order valence-electron chi connectivity index (χ0n) is 26.0. The minimum atomic E-state index is 0.314. The Bertz CT molecular complexity index is 1710. The lowest BCUT2D eigenvalue weighted by Gasteiger charge is -2.22. The first-order valence-electron chi connectivity index (χ1n) is 15.4. The number of piperidine rings is 1. The van der Waals surface area contributed by atoms with Gasteiger partial charge < -0.3 is 25.8 Å². The zero-order valence-corrected chi connectivity index (χ0v) is 26.0. The molecular weight excluding hydrogens is 550 g/mol. The summed E-state index contributed by atoms with van der Waals surface area (Å²) in [5.74, 6) is 2.28. The zero-order chi connectivity index (χ0) is 30.9. The maximum absolute atomic E-state index is 9.32. The van der Waals surface area contributed by atoms with Crippen LogP contribution < -0.4 is 21.3 Å². The van der Waals surface area contributed by atoms with Gasteiger partial charge in [-0.05, 0) is 86.7 Å². The lowest BCUT2D eigenvalue weighted by atomic mass is 9.98. The quantitative estimate of drug-likeness (QED) is 0.115. The van der Waals surface area contributed by atoms with Crippen molar-refractivity contribution in [2.24, 2.45) is 5.92 Å². The van der Waals surface area contributed by atoms with Crippen molar-refractivity contribution in [3.63, 3.8) is 0 Å². The Morgan fingerprint density at radius 2 is 1.89 bits per heavy atom. The van der Waals surface area contributed by atoms with E-state index in [4.69, 9.17) is 9.97 Å². The molecule has 1 aliphatic heterocycles. The van der Waals surface area contributed by atoms with Crippen LogP contribution in [0.2, 0.25) is 0 Å². The van der Waals surface area contributed by atoms with Gasteiger partial charge >= 0.3 is 0 Å². The van der Waals surface area contributed by atoms with Crippen molar-refractivity contribution in [3.8, 4) is 5.69 Å².